The highest BCUT2D eigenvalue weighted by molar-refractivity contribution is 5.81. The predicted octanol–water partition coefficient (Wildman–Crippen LogP) is 3.00. The number of fused-ring (bicyclic) bond motifs is 1. The Labute approximate surface area is 141 Å². The van der Waals surface area contributed by atoms with E-state index < -0.39 is 0 Å². The lowest BCUT2D eigenvalue weighted by Crippen LogP contribution is -2.41. The first-order valence-electron chi connectivity index (χ1n) is 9.23. The third-order valence-corrected chi connectivity index (χ3v) is 5.86. The fourth-order valence-corrected chi connectivity index (χ4v) is 4.69. The van der Waals surface area contributed by atoms with E-state index in [1.54, 1.807) is 4.68 Å². The maximum atomic E-state index is 12.7. The van der Waals surface area contributed by atoms with Crippen LogP contribution in [0.15, 0.2) is 9.32 Å². The third-order valence-electron chi connectivity index (χ3n) is 5.86. The van der Waals surface area contributed by atoms with Crippen LogP contribution in [0.3, 0.4) is 0 Å². The molecule has 0 bridgehead atoms. The zero-order chi connectivity index (χ0) is 16.7. The molecule has 0 radical (unpaired) electrons. The molecule has 1 saturated heterocycles. The van der Waals surface area contributed by atoms with Gasteiger partial charge in [-0.15, -0.1) is 0 Å². The van der Waals surface area contributed by atoms with Gasteiger partial charge in [0.1, 0.15) is 5.76 Å². The van der Waals surface area contributed by atoms with E-state index in [0.29, 0.717) is 24.0 Å². The van der Waals surface area contributed by atoms with Gasteiger partial charge in [0.05, 0.1) is 17.7 Å². The number of aromatic nitrogens is 3. The van der Waals surface area contributed by atoms with Crippen molar-refractivity contribution in [1.29, 1.82) is 0 Å². The molecule has 0 spiro atoms. The monoisotopic (exact) mass is 330 g/mol. The molecule has 2 aromatic heterocycles. The summed E-state index contributed by atoms with van der Waals surface area (Å²) >= 11 is 0. The third kappa shape index (κ3) is 2.66. The first kappa shape index (κ1) is 15.8. The minimum absolute atomic E-state index is 0.137. The van der Waals surface area contributed by atoms with Crippen LogP contribution in [0.5, 0.6) is 0 Å². The van der Waals surface area contributed by atoms with Gasteiger partial charge >= 0.3 is 0 Å². The maximum Gasteiger partial charge on any atom is 0.298 e. The Bertz CT molecular complexity index is 788. The molecule has 1 aliphatic heterocycles. The minimum Gasteiger partial charge on any atom is -0.360 e. The van der Waals surface area contributed by atoms with Crippen LogP contribution in [0, 0.1) is 19.8 Å². The Kier molecular flexibility index (Phi) is 4.16. The smallest absolute Gasteiger partial charge is 0.298 e. The average Bonchev–Trinajstić information content (AvgIpc) is 3.20. The van der Waals surface area contributed by atoms with Crippen LogP contribution in [0.2, 0.25) is 0 Å². The normalized spacial score (nSPS) is 23.3. The topological polar surface area (TPSA) is 64.2 Å². The summed E-state index contributed by atoms with van der Waals surface area (Å²) in [6, 6.07) is 0.606. The van der Waals surface area contributed by atoms with Crippen molar-refractivity contribution in [3.63, 3.8) is 0 Å². The molecule has 4 rings (SSSR count). The SMILES string of the molecule is Cc1nn(CN2CCCC2C2CCCCC2)c(=O)c2noc(C)c12. The van der Waals surface area contributed by atoms with E-state index in [0.717, 1.165) is 23.5 Å². The molecule has 2 fully saturated rings. The largest absolute Gasteiger partial charge is 0.360 e. The van der Waals surface area contributed by atoms with Gasteiger partial charge in [0.25, 0.3) is 5.56 Å². The lowest BCUT2D eigenvalue weighted by molar-refractivity contribution is 0.118. The molecule has 2 aliphatic rings. The Morgan fingerprint density at radius 1 is 1.12 bits per heavy atom. The number of hydrogen-bond donors (Lipinski definition) is 0. The molecule has 0 amide bonds. The second-order valence-electron chi connectivity index (χ2n) is 7.41. The molecule has 24 heavy (non-hydrogen) atoms. The van der Waals surface area contributed by atoms with Gasteiger partial charge in [0.15, 0.2) is 5.52 Å². The average molecular weight is 330 g/mol. The molecule has 0 N–H and O–H groups in total. The van der Waals surface area contributed by atoms with E-state index in [-0.39, 0.29) is 5.56 Å². The molecule has 6 nitrogen and oxygen atoms in total. The van der Waals surface area contributed by atoms with Crippen LogP contribution in [0.4, 0.5) is 0 Å². The van der Waals surface area contributed by atoms with Crippen molar-refractivity contribution in [3.8, 4) is 0 Å². The molecule has 2 aromatic rings. The van der Waals surface area contributed by atoms with Crippen LogP contribution in [0.1, 0.15) is 56.4 Å². The van der Waals surface area contributed by atoms with Crippen LogP contribution in [-0.2, 0) is 6.67 Å². The van der Waals surface area contributed by atoms with E-state index in [2.05, 4.69) is 15.2 Å². The van der Waals surface area contributed by atoms with Gasteiger partial charge in [0, 0.05) is 12.6 Å². The quantitative estimate of drug-likeness (QED) is 0.865. The molecule has 1 unspecified atom stereocenters. The van der Waals surface area contributed by atoms with E-state index in [1.165, 1.54) is 44.9 Å². The second-order valence-corrected chi connectivity index (χ2v) is 7.41. The standard InChI is InChI=1S/C18H26N4O2/c1-12-16-13(2)24-20-17(16)18(23)22(19-12)11-21-10-6-9-15(21)14-7-4-3-5-8-14/h14-15H,3-11H2,1-2H3. The molecule has 3 heterocycles. The number of nitrogens with zero attached hydrogens (tertiary/aromatic N) is 4. The van der Waals surface area contributed by atoms with Crippen molar-refractivity contribution < 1.29 is 4.52 Å². The lowest BCUT2D eigenvalue weighted by Gasteiger charge is -2.34. The Balaban J connectivity index is 1.61. The highest BCUT2D eigenvalue weighted by Crippen LogP contribution is 2.34. The van der Waals surface area contributed by atoms with E-state index >= 15 is 0 Å². The molecular formula is C18H26N4O2. The minimum atomic E-state index is -0.137. The van der Waals surface area contributed by atoms with Crippen molar-refractivity contribution >= 4 is 10.9 Å². The van der Waals surface area contributed by atoms with Crippen molar-refractivity contribution in [1.82, 2.24) is 19.8 Å². The van der Waals surface area contributed by atoms with Gasteiger partial charge < -0.3 is 4.52 Å². The van der Waals surface area contributed by atoms with Gasteiger partial charge in [-0.25, -0.2) is 4.68 Å². The lowest BCUT2D eigenvalue weighted by atomic mass is 9.83. The van der Waals surface area contributed by atoms with Crippen LogP contribution >= 0.6 is 0 Å². The summed E-state index contributed by atoms with van der Waals surface area (Å²) in [5.41, 5.74) is 1.09. The molecular weight excluding hydrogens is 304 g/mol. The van der Waals surface area contributed by atoms with Crippen LogP contribution in [-0.4, -0.2) is 32.4 Å². The van der Waals surface area contributed by atoms with E-state index in [1.807, 2.05) is 13.8 Å². The number of aryl methyl sites for hydroxylation is 2. The summed E-state index contributed by atoms with van der Waals surface area (Å²) < 4.78 is 6.79. The van der Waals surface area contributed by atoms with Crippen LogP contribution < -0.4 is 5.56 Å². The van der Waals surface area contributed by atoms with Gasteiger partial charge in [-0.1, -0.05) is 24.4 Å². The first-order valence-corrected chi connectivity index (χ1v) is 9.23. The Hall–Kier alpha value is -1.69. The number of hydrogen-bond acceptors (Lipinski definition) is 5. The molecule has 6 heteroatoms. The fourth-order valence-electron chi connectivity index (χ4n) is 4.69. The highest BCUT2D eigenvalue weighted by Gasteiger charge is 2.33. The van der Waals surface area contributed by atoms with Gasteiger partial charge in [-0.3, -0.25) is 9.69 Å². The van der Waals surface area contributed by atoms with Crippen molar-refractivity contribution in [3.05, 3.63) is 21.8 Å². The number of likely N-dealkylation sites (tertiary alicyclic amines) is 1. The Morgan fingerprint density at radius 2 is 1.92 bits per heavy atom. The summed E-state index contributed by atoms with van der Waals surface area (Å²) in [6.45, 7) is 5.38. The first-order chi connectivity index (χ1) is 11.6. The number of rotatable bonds is 3. The van der Waals surface area contributed by atoms with Crippen molar-refractivity contribution in [2.45, 2.75) is 71.5 Å². The molecule has 130 valence electrons. The maximum absolute atomic E-state index is 12.7. The summed E-state index contributed by atoms with van der Waals surface area (Å²) in [4.78, 5) is 15.2. The van der Waals surface area contributed by atoms with E-state index in [9.17, 15) is 4.79 Å². The molecule has 1 atom stereocenters. The fraction of sp³-hybridized carbons (Fsp3) is 0.722. The summed E-state index contributed by atoms with van der Waals surface area (Å²) in [5, 5.41) is 9.26. The summed E-state index contributed by atoms with van der Waals surface area (Å²) in [7, 11) is 0. The van der Waals surface area contributed by atoms with Crippen molar-refractivity contribution in [2.24, 2.45) is 5.92 Å². The van der Waals surface area contributed by atoms with Gasteiger partial charge in [-0.05, 0) is 45.4 Å². The zero-order valence-corrected chi connectivity index (χ0v) is 14.6. The Morgan fingerprint density at radius 3 is 2.71 bits per heavy atom. The van der Waals surface area contributed by atoms with Gasteiger partial charge in [0.2, 0.25) is 0 Å². The van der Waals surface area contributed by atoms with Gasteiger partial charge in [-0.2, -0.15) is 5.10 Å². The highest BCUT2D eigenvalue weighted by atomic mass is 16.5. The predicted molar refractivity (Wildman–Crippen MR) is 91.8 cm³/mol. The molecule has 0 aromatic carbocycles. The second kappa shape index (κ2) is 6.31. The summed E-state index contributed by atoms with van der Waals surface area (Å²) in [5.74, 6) is 1.46. The van der Waals surface area contributed by atoms with Crippen LogP contribution in [0.25, 0.3) is 10.9 Å². The summed E-state index contributed by atoms with van der Waals surface area (Å²) in [6.07, 6.45) is 9.25. The zero-order valence-electron chi connectivity index (χ0n) is 14.6. The van der Waals surface area contributed by atoms with E-state index in [4.69, 9.17) is 4.52 Å². The molecule has 1 saturated carbocycles. The molecule has 1 aliphatic carbocycles. The van der Waals surface area contributed by atoms with Crippen molar-refractivity contribution in [2.75, 3.05) is 6.54 Å².